The molecule has 1 N–H and O–H groups in total. The van der Waals surface area contributed by atoms with Crippen molar-refractivity contribution in [2.75, 3.05) is 11.1 Å². The maximum absolute atomic E-state index is 12.3. The van der Waals surface area contributed by atoms with Gasteiger partial charge in [0.1, 0.15) is 0 Å². The third kappa shape index (κ3) is 4.20. The lowest BCUT2D eigenvalue weighted by Gasteiger charge is -2.17. The van der Waals surface area contributed by atoms with E-state index in [2.05, 4.69) is 25.1 Å². The summed E-state index contributed by atoms with van der Waals surface area (Å²) in [5, 5.41) is 13.1. The van der Waals surface area contributed by atoms with Gasteiger partial charge < -0.3 is 5.32 Å². The highest BCUT2D eigenvalue weighted by Gasteiger charge is 2.26. The molecule has 1 aliphatic rings. The van der Waals surface area contributed by atoms with E-state index in [0.29, 0.717) is 16.8 Å². The second-order valence-electron chi connectivity index (χ2n) is 6.67. The molecular formula is C20H20ClN5OS. The van der Waals surface area contributed by atoms with Crippen LogP contribution in [0.5, 0.6) is 0 Å². The summed E-state index contributed by atoms with van der Waals surface area (Å²) in [6.45, 7) is 0. The van der Waals surface area contributed by atoms with E-state index in [-0.39, 0.29) is 11.7 Å². The molecule has 4 rings (SSSR count). The van der Waals surface area contributed by atoms with Crippen molar-refractivity contribution in [3.8, 4) is 11.4 Å². The van der Waals surface area contributed by atoms with Gasteiger partial charge >= 0.3 is 0 Å². The van der Waals surface area contributed by atoms with Crippen molar-refractivity contribution in [2.24, 2.45) is 0 Å². The van der Waals surface area contributed by atoms with Crippen LogP contribution in [0.2, 0.25) is 5.02 Å². The number of benzene rings is 1. The number of amides is 1. The minimum Gasteiger partial charge on any atom is -0.324 e. The van der Waals surface area contributed by atoms with Gasteiger partial charge in [0.2, 0.25) is 5.91 Å². The number of rotatable bonds is 6. The molecule has 2 heterocycles. The number of halogens is 1. The standard InChI is InChI=1S/C20H20ClN5OS/c21-17-10-4-3-9-16(17)19-24-25-20(26(19)15-7-1-2-8-15)28-13-18(27)23-14-6-5-11-22-12-14/h3-6,9-12,15H,1-2,7-8,13H2,(H,23,27). The molecular weight excluding hydrogens is 394 g/mol. The summed E-state index contributed by atoms with van der Waals surface area (Å²) in [7, 11) is 0. The van der Waals surface area contributed by atoms with Crippen molar-refractivity contribution >= 4 is 35.0 Å². The zero-order valence-electron chi connectivity index (χ0n) is 15.2. The fourth-order valence-electron chi connectivity index (χ4n) is 3.46. The Morgan fingerprint density at radius 3 is 2.75 bits per heavy atom. The van der Waals surface area contributed by atoms with Gasteiger partial charge in [-0.2, -0.15) is 0 Å². The second-order valence-corrected chi connectivity index (χ2v) is 8.02. The van der Waals surface area contributed by atoms with Gasteiger partial charge in [0.05, 0.1) is 22.7 Å². The van der Waals surface area contributed by atoms with Crippen LogP contribution in [0.15, 0.2) is 53.9 Å². The molecule has 144 valence electrons. The molecule has 0 radical (unpaired) electrons. The molecule has 6 nitrogen and oxygen atoms in total. The summed E-state index contributed by atoms with van der Waals surface area (Å²) in [6.07, 6.45) is 7.85. The molecule has 0 atom stereocenters. The normalized spacial score (nSPS) is 14.3. The van der Waals surface area contributed by atoms with Crippen molar-refractivity contribution in [3.63, 3.8) is 0 Å². The van der Waals surface area contributed by atoms with Crippen molar-refractivity contribution in [2.45, 2.75) is 36.9 Å². The molecule has 1 amide bonds. The lowest BCUT2D eigenvalue weighted by atomic mass is 10.2. The summed E-state index contributed by atoms with van der Waals surface area (Å²) in [5.74, 6) is 0.924. The number of hydrogen-bond acceptors (Lipinski definition) is 5. The summed E-state index contributed by atoms with van der Waals surface area (Å²) in [4.78, 5) is 16.3. The molecule has 8 heteroatoms. The van der Waals surface area contributed by atoms with Crippen molar-refractivity contribution in [1.29, 1.82) is 0 Å². The molecule has 1 aromatic carbocycles. The van der Waals surface area contributed by atoms with Crippen LogP contribution in [-0.2, 0) is 4.79 Å². The molecule has 1 fully saturated rings. The molecule has 3 aromatic rings. The third-order valence-electron chi connectivity index (χ3n) is 4.75. The monoisotopic (exact) mass is 413 g/mol. The van der Waals surface area contributed by atoms with Crippen LogP contribution in [0.3, 0.4) is 0 Å². The molecule has 0 bridgehead atoms. The average Bonchev–Trinajstić information content (AvgIpc) is 3.37. The largest absolute Gasteiger partial charge is 0.324 e. The fraction of sp³-hybridized carbons (Fsp3) is 0.300. The first-order chi connectivity index (χ1) is 13.7. The highest BCUT2D eigenvalue weighted by atomic mass is 35.5. The fourth-order valence-corrected chi connectivity index (χ4v) is 4.48. The van der Waals surface area contributed by atoms with E-state index in [1.165, 1.54) is 24.6 Å². The molecule has 2 aromatic heterocycles. The Morgan fingerprint density at radius 1 is 1.18 bits per heavy atom. The summed E-state index contributed by atoms with van der Waals surface area (Å²) in [6, 6.07) is 11.6. The lowest BCUT2D eigenvalue weighted by molar-refractivity contribution is -0.113. The maximum atomic E-state index is 12.3. The van der Waals surface area contributed by atoms with E-state index in [0.717, 1.165) is 29.4 Å². The number of thioether (sulfide) groups is 1. The van der Waals surface area contributed by atoms with E-state index in [1.54, 1.807) is 18.5 Å². The highest BCUT2D eigenvalue weighted by molar-refractivity contribution is 7.99. The number of nitrogens with one attached hydrogen (secondary N) is 1. The van der Waals surface area contributed by atoms with Crippen molar-refractivity contribution in [1.82, 2.24) is 19.7 Å². The predicted molar refractivity (Wildman–Crippen MR) is 112 cm³/mol. The Bertz CT molecular complexity index is 956. The van der Waals surface area contributed by atoms with Crippen LogP contribution in [0.4, 0.5) is 5.69 Å². The highest BCUT2D eigenvalue weighted by Crippen LogP contribution is 2.38. The Kier molecular flexibility index (Phi) is 5.92. The van der Waals surface area contributed by atoms with Crippen LogP contribution in [0, 0.1) is 0 Å². The average molecular weight is 414 g/mol. The molecule has 0 saturated heterocycles. The zero-order valence-corrected chi connectivity index (χ0v) is 16.8. The first kappa shape index (κ1) is 19.0. The summed E-state index contributed by atoms with van der Waals surface area (Å²) < 4.78 is 2.16. The third-order valence-corrected chi connectivity index (χ3v) is 6.02. The van der Waals surface area contributed by atoms with Gasteiger partial charge in [0.25, 0.3) is 0 Å². The minimum atomic E-state index is -0.0988. The number of anilines is 1. The van der Waals surface area contributed by atoms with E-state index >= 15 is 0 Å². The lowest BCUT2D eigenvalue weighted by Crippen LogP contribution is -2.15. The predicted octanol–water partition coefficient (Wildman–Crippen LogP) is 4.84. The van der Waals surface area contributed by atoms with Gasteiger partial charge in [-0.25, -0.2) is 0 Å². The van der Waals surface area contributed by atoms with Gasteiger partial charge in [-0.1, -0.05) is 48.3 Å². The van der Waals surface area contributed by atoms with Crippen LogP contribution in [0.1, 0.15) is 31.7 Å². The topological polar surface area (TPSA) is 72.7 Å². The number of pyridine rings is 1. The van der Waals surface area contributed by atoms with E-state index in [9.17, 15) is 4.79 Å². The maximum Gasteiger partial charge on any atom is 0.234 e. The van der Waals surface area contributed by atoms with Crippen LogP contribution >= 0.6 is 23.4 Å². The number of carbonyl (C=O) groups excluding carboxylic acids is 1. The quantitative estimate of drug-likeness (QED) is 0.585. The van der Waals surface area contributed by atoms with Gasteiger partial charge in [-0.05, 0) is 37.1 Å². The van der Waals surface area contributed by atoms with Crippen LogP contribution < -0.4 is 5.32 Å². The molecule has 1 saturated carbocycles. The van der Waals surface area contributed by atoms with Crippen LogP contribution in [0.25, 0.3) is 11.4 Å². The molecule has 28 heavy (non-hydrogen) atoms. The Hall–Kier alpha value is -2.38. The minimum absolute atomic E-state index is 0.0988. The van der Waals surface area contributed by atoms with Gasteiger partial charge in [0.15, 0.2) is 11.0 Å². The first-order valence-electron chi connectivity index (χ1n) is 9.25. The Labute approximate surface area is 172 Å². The molecule has 0 aliphatic heterocycles. The van der Waals surface area contributed by atoms with Crippen LogP contribution in [-0.4, -0.2) is 31.4 Å². The summed E-state index contributed by atoms with van der Waals surface area (Å²) >= 11 is 7.80. The number of aromatic nitrogens is 4. The van der Waals surface area contributed by atoms with E-state index in [4.69, 9.17) is 11.6 Å². The van der Waals surface area contributed by atoms with Gasteiger partial charge in [-0.15, -0.1) is 10.2 Å². The number of hydrogen-bond donors (Lipinski definition) is 1. The summed E-state index contributed by atoms with van der Waals surface area (Å²) in [5.41, 5.74) is 1.55. The second kappa shape index (κ2) is 8.75. The zero-order chi connectivity index (χ0) is 19.3. The number of nitrogens with zero attached hydrogens (tertiary/aromatic N) is 4. The molecule has 1 aliphatic carbocycles. The Morgan fingerprint density at radius 2 is 2.00 bits per heavy atom. The smallest absolute Gasteiger partial charge is 0.234 e. The van der Waals surface area contributed by atoms with Gasteiger partial charge in [-0.3, -0.25) is 14.3 Å². The first-order valence-corrected chi connectivity index (χ1v) is 10.6. The van der Waals surface area contributed by atoms with Gasteiger partial charge in [0, 0.05) is 17.8 Å². The SMILES string of the molecule is O=C(CSc1nnc(-c2ccccc2Cl)n1C1CCCC1)Nc1cccnc1. The van der Waals surface area contributed by atoms with E-state index in [1.807, 2.05) is 30.3 Å². The number of carbonyl (C=O) groups is 1. The molecule has 0 unspecified atom stereocenters. The van der Waals surface area contributed by atoms with Crippen molar-refractivity contribution < 1.29 is 4.79 Å². The molecule has 0 spiro atoms. The van der Waals surface area contributed by atoms with E-state index < -0.39 is 0 Å². The Balaban J connectivity index is 1.55. The van der Waals surface area contributed by atoms with Crippen molar-refractivity contribution in [3.05, 3.63) is 53.8 Å².